The van der Waals surface area contributed by atoms with Gasteiger partial charge in [-0.1, -0.05) is 0 Å². The predicted molar refractivity (Wildman–Crippen MR) is 111 cm³/mol. The van der Waals surface area contributed by atoms with Crippen LogP contribution in [0, 0.1) is 6.92 Å². The fraction of sp³-hybridized carbons (Fsp3) is 0.450. The van der Waals surface area contributed by atoms with Gasteiger partial charge < -0.3 is 20.1 Å². The van der Waals surface area contributed by atoms with E-state index in [1.165, 1.54) is 6.33 Å². The number of pyridine rings is 1. The van der Waals surface area contributed by atoms with Gasteiger partial charge in [0, 0.05) is 32.3 Å². The maximum atomic E-state index is 12.8. The van der Waals surface area contributed by atoms with E-state index >= 15 is 0 Å². The second-order valence-corrected chi connectivity index (χ2v) is 7.82. The first-order chi connectivity index (χ1) is 14.3. The van der Waals surface area contributed by atoms with Crippen LogP contribution in [0.4, 0.5) is 5.82 Å². The third-order valence-electron chi connectivity index (χ3n) is 5.31. The first-order valence-electron chi connectivity index (χ1n) is 9.70. The molecule has 10 nitrogen and oxygen atoms in total. The minimum absolute atomic E-state index is 0.202. The molecule has 0 unspecified atom stereocenters. The van der Waals surface area contributed by atoms with Crippen LogP contribution in [0.15, 0.2) is 18.6 Å². The van der Waals surface area contributed by atoms with Crippen molar-refractivity contribution in [2.24, 2.45) is 0 Å². The molecule has 0 aromatic carbocycles. The molecule has 4 rings (SSSR count). The van der Waals surface area contributed by atoms with Crippen LogP contribution in [0.3, 0.4) is 0 Å². The zero-order valence-electron chi connectivity index (χ0n) is 17.5. The lowest BCUT2D eigenvalue weighted by Crippen LogP contribution is -2.33. The molecule has 0 spiro atoms. The van der Waals surface area contributed by atoms with E-state index in [2.05, 4.69) is 25.4 Å². The van der Waals surface area contributed by atoms with E-state index in [0.29, 0.717) is 36.2 Å². The Morgan fingerprint density at radius 3 is 2.77 bits per heavy atom. The second kappa shape index (κ2) is 7.52. The lowest BCUT2D eigenvalue weighted by molar-refractivity contribution is 0.0892. The number of amides is 1. The maximum absolute atomic E-state index is 12.8. The molecule has 1 saturated carbocycles. The average Bonchev–Trinajstić information content (AvgIpc) is 3.36. The summed E-state index contributed by atoms with van der Waals surface area (Å²) in [7, 11) is 5.41. The number of nitrogens with zero attached hydrogens (tertiary/aromatic N) is 6. The number of rotatable bonds is 7. The van der Waals surface area contributed by atoms with Crippen molar-refractivity contribution in [1.82, 2.24) is 30.0 Å². The molecule has 158 valence electrons. The summed E-state index contributed by atoms with van der Waals surface area (Å²) >= 11 is 0. The van der Waals surface area contributed by atoms with Gasteiger partial charge in [-0.05, 0) is 19.8 Å². The molecule has 3 heterocycles. The number of aliphatic hydroxyl groups is 1. The predicted octanol–water partition coefficient (Wildman–Crippen LogP) is 0.907. The molecular formula is C20H25N7O3. The van der Waals surface area contributed by atoms with Gasteiger partial charge in [-0.15, -0.1) is 0 Å². The minimum Gasteiger partial charge on any atom is -0.495 e. The van der Waals surface area contributed by atoms with Gasteiger partial charge in [0.2, 0.25) is 0 Å². The Balaban J connectivity index is 1.72. The van der Waals surface area contributed by atoms with Crippen LogP contribution in [0.5, 0.6) is 5.75 Å². The van der Waals surface area contributed by atoms with Gasteiger partial charge in [-0.25, -0.2) is 15.0 Å². The summed E-state index contributed by atoms with van der Waals surface area (Å²) in [5.41, 5.74) is 2.27. The van der Waals surface area contributed by atoms with E-state index in [1.807, 2.05) is 25.9 Å². The first kappa shape index (κ1) is 20.0. The van der Waals surface area contributed by atoms with Crippen LogP contribution in [0.25, 0.3) is 11.0 Å². The standard InChI is InChI=1S/C20H25N7O3/c1-12-14(23-11-24-18(12)26(2)3)9-27-15-7-13(30-4)8-21-16(15)17(25-27)19(28)22-10-20(29)5-6-20/h7-8,11,29H,5-6,9-10H2,1-4H3,(H,22,28). The molecule has 2 N–H and O–H groups in total. The number of hydrogen-bond donors (Lipinski definition) is 2. The summed E-state index contributed by atoms with van der Waals surface area (Å²) in [6.07, 6.45) is 4.46. The molecule has 0 bridgehead atoms. The normalized spacial score (nSPS) is 14.6. The van der Waals surface area contributed by atoms with Gasteiger partial charge in [0.05, 0.1) is 36.7 Å². The highest BCUT2D eigenvalue weighted by molar-refractivity contribution is 6.03. The van der Waals surface area contributed by atoms with E-state index in [9.17, 15) is 9.90 Å². The molecule has 10 heteroatoms. The number of carbonyl (C=O) groups excluding carboxylic acids is 1. The fourth-order valence-corrected chi connectivity index (χ4v) is 3.30. The van der Waals surface area contributed by atoms with Crippen molar-refractivity contribution in [2.75, 3.05) is 32.6 Å². The topological polar surface area (TPSA) is 118 Å². The fourth-order valence-electron chi connectivity index (χ4n) is 3.30. The monoisotopic (exact) mass is 411 g/mol. The molecule has 1 fully saturated rings. The highest BCUT2D eigenvalue weighted by Crippen LogP contribution is 2.34. The molecule has 1 aliphatic carbocycles. The molecule has 1 amide bonds. The van der Waals surface area contributed by atoms with Crippen LogP contribution in [-0.4, -0.2) is 69.1 Å². The number of carbonyl (C=O) groups is 1. The van der Waals surface area contributed by atoms with Gasteiger partial charge >= 0.3 is 0 Å². The van der Waals surface area contributed by atoms with Crippen molar-refractivity contribution in [3.05, 3.63) is 35.5 Å². The number of fused-ring (bicyclic) bond motifs is 1. The SMILES string of the molecule is COc1cnc2c(C(=O)NCC3(O)CC3)nn(Cc3ncnc(N(C)C)c3C)c2c1. The van der Waals surface area contributed by atoms with E-state index in [1.54, 1.807) is 24.1 Å². The van der Waals surface area contributed by atoms with Crippen molar-refractivity contribution in [3.63, 3.8) is 0 Å². The van der Waals surface area contributed by atoms with Crippen LogP contribution < -0.4 is 15.0 Å². The molecule has 3 aromatic heterocycles. The molecule has 30 heavy (non-hydrogen) atoms. The van der Waals surface area contributed by atoms with E-state index < -0.39 is 5.60 Å². The van der Waals surface area contributed by atoms with Crippen molar-refractivity contribution in [1.29, 1.82) is 0 Å². The third kappa shape index (κ3) is 3.78. The number of nitrogens with one attached hydrogen (secondary N) is 1. The maximum Gasteiger partial charge on any atom is 0.274 e. The molecule has 0 radical (unpaired) electrons. The second-order valence-electron chi connectivity index (χ2n) is 7.82. The molecule has 0 atom stereocenters. The first-order valence-corrected chi connectivity index (χ1v) is 9.70. The van der Waals surface area contributed by atoms with Crippen LogP contribution in [0.2, 0.25) is 0 Å². The number of aromatic nitrogens is 5. The highest BCUT2D eigenvalue weighted by Gasteiger charge is 2.40. The zero-order valence-corrected chi connectivity index (χ0v) is 17.5. The molecular weight excluding hydrogens is 386 g/mol. The van der Waals surface area contributed by atoms with Gasteiger partial charge in [-0.3, -0.25) is 9.48 Å². The Hall–Kier alpha value is -3.27. The summed E-state index contributed by atoms with van der Waals surface area (Å²) in [5.74, 6) is 1.02. The number of anilines is 1. The van der Waals surface area contributed by atoms with Gasteiger partial charge in [0.1, 0.15) is 23.4 Å². The summed E-state index contributed by atoms with van der Waals surface area (Å²) in [6, 6.07) is 1.80. The summed E-state index contributed by atoms with van der Waals surface area (Å²) < 4.78 is 7.00. The van der Waals surface area contributed by atoms with Crippen molar-refractivity contribution >= 4 is 22.8 Å². The van der Waals surface area contributed by atoms with Gasteiger partial charge in [0.25, 0.3) is 5.91 Å². The number of methoxy groups -OCH3 is 1. The zero-order chi connectivity index (χ0) is 21.5. The van der Waals surface area contributed by atoms with Crippen LogP contribution in [-0.2, 0) is 6.54 Å². The molecule has 0 aliphatic heterocycles. The van der Waals surface area contributed by atoms with E-state index in [4.69, 9.17) is 4.74 Å². The summed E-state index contributed by atoms with van der Waals surface area (Å²) in [6.45, 7) is 2.50. The van der Waals surface area contributed by atoms with Gasteiger partial charge in [-0.2, -0.15) is 5.10 Å². The van der Waals surface area contributed by atoms with Crippen molar-refractivity contribution < 1.29 is 14.6 Å². The average molecular weight is 411 g/mol. The van der Waals surface area contributed by atoms with Crippen LogP contribution >= 0.6 is 0 Å². The van der Waals surface area contributed by atoms with E-state index in [0.717, 1.165) is 17.1 Å². The number of ether oxygens (including phenoxy) is 1. The Labute approximate surface area is 173 Å². The Morgan fingerprint density at radius 1 is 1.33 bits per heavy atom. The highest BCUT2D eigenvalue weighted by atomic mass is 16.5. The van der Waals surface area contributed by atoms with Crippen molar-refractivity contribution in [3.8, 4) is 5.75 Å². The molecule has 3 aromatic rings. The van der Waals surface area contributed by atoms with Crippen molar-refractivity contribution in [2.45, 2.75) is 31.9 Å². The van der Waals surface area contributed by atoms with E-state index in [-0.39, 0.29) is 18.1 Å². The minimum atomic E-state index is -0.786. The lowest BCUT2D eigenvalue weighted by atomic mass is 10.2. The van der Waals surface area contributed by atoms with Gasteiger partial charge in [0.15, 0.2) is 5.69 Å². The molecule has 0 saturated heterocycles. The third-order valence-corrected chi connectivity index (χ3v) is 5.31. The lowest BCUT2D eigenvalue weighted by Gasteiger charge is -2.16. The Bertz CT molecular complexity index is 1110. The molecule has 1 aliphatic rings. The Morgan fingerprint density at radius 2 is 2.10 bits per heavy atom. The summed E-state index contributed by atoms with van der Waals surface area (Å²) in [5, 5.41) is 17.3. The summed E-state index contributed by atoms with van der Waals surface area (Å²) in [4.78, 5) is 27.8. The largest absolute Gasteiger partial charge is 0.495 e. The Kier molecular flexibility index (Phi) is 5.02. The smallest absolute Gasteiger partial charge is 0.274 e. The quantitative estimate of drug-likeness (QED) is 0.589. The van der Waals surface area contributed by atoms with Crippen LogP contribution in [0.1, 0.15) is 34.6 Å². The number of hydrogen-bond acceptors (Lipinski definition) is 8.